The van der Waals surface area contributed by atoms with Crippen molar-refractivity contribution in [3.63, 3.8) is 0 Å². The highest BCUT2D eigenvalue weighted by atomic mass is 16.8. The van der Waals surface area contributed by atoms with Crippen LogP contribution in [-0.4, -0.2) is 193 Å². The van der Waals surface area contributed by atoms with Crippen molar-refractivity contribution in [2.24, 2.45) is 0 Å². The van der Waals surface area contributed by atoms with Crippen LogP contribution in [0.1, 0.15) is 290 Å². The van der Waals surface area contributed by atoms with E-state index in [-0.39, 0.29) is 18.9 Å². The number of allylic oxidation sites excluding steroid dienone is 13. The Morgan fingerprint density at radius 2 is 0.690 bits per heavy atom. The summed E-state index contributed by atoms with van der Waals surface area (Å²) in [6, 6.07) is -0.980. The van der Waals surface area contributed by atoms with Crippen molar-refractivity contribution in [3.8, 4) is 0 Å². The van der Waals surface area contributed by atoms with E-state index in [1.54, 1.807) is 6.08 Å². The minimum absolute atomic E-state index is 0.237. The van der Waals surface area contributed by atoms with E-state index in [0.29, 0.717) is 6.42 Å². The standard InChI is InChI=1S/C81H143NO18/c1-3-5-7-9-11-13-15-17-19-21-23-25-27-29-30-31-32-33-34-35-37-39-41-43-45-47-49-51-53-55-57-59-69(87)82-64(65(86)58-56-54-52-50-48-46-44-42-40-38-36-28-26-24-22-20-18-16-14-12-10-8-6-4-2)63-95-79-75(93)72(90)77(67(61-84)97-79)100-81-76(94)73(91)78(68(62-85)98-81)99-80-74(92)71(89)70(88)66(60-83)96-80/h5,7,11,13,17,19,23,25,29-30,32-33,56,58,64-68,70-81,83-86,88-94H,3-4,6,8-10,12,14-16,18,20-22,24,26-28,31,34-55,57,59-63H2,1-2H3,(H,82,87)/b7-5-,13-11-,19-17-,25-23-,30-29-,33-32-,58-56+. The van der Waals surface area contributed by atoms with Crippen LogP contribution in [0.25, 0.3) is 0 Å². The largest absolute Gasteiger partial charge is 0.394 e. The number of hydrogen-bond donors (Lipinski definition) is 12. The number of ether oxygens (including phenoxy) is 6. The molecule has 17 unspecified atom stereocenters. The summed E-state index contributed by atoms with van der Waals surface area (Å²) in [6.07, 6.45) is 54.1. The topological polar surface area (TPSA) is 307 Å². The zero-order valence-corrected chi connectivity index (χ0v) is 61.9. The highest BCUT2D eigenvalue weighted by Crippen LogP contribution is 2.33. The van der Waals surface area contributed by atoms with Crippen LogP contribution in [-0.2, 0) is 33.2 Å². The SMILES string of the molecule is CC/C=C\C/C=C\C/C=C\C/C=C\C/C=C\C/C=C\CCCCCCCCCCCCCCC(=O)NC(COC1OC(CO)C(OC2OC(CO)C(OC3OC(CO)C(O)C(O)C3O)C(O)C2O)C(O)C1O)C(O)/C=C/CCCCCCCCCCCCCCCCCCCCCCCC. The minimum Gasteiger partial charge on any atom is -0.394 e. The second-order valence-corrected chi connectivity index (χ2v) is 28.1. The van der Waals surface area contributed by atoms with Gasteiger partial charge in [0.15, 0.2) is 18.9 Å². The predicted molar refractivity (Wildman–Crippen MR) is 397 cm³/mol. The first-order valence-corrected chi connectivity index (χ1v) is 39.8. The van der Waals surface area contributed by atoms with Gasteiger partial charge in [-0.05, 0) is 70.6 Å². The number of nitrogens with one attached hydrogen (secondary N) is 1. The Bertz CT molecular complexity index is 2140. The van der Waals surface area contributed by atoms with Crippen LogP contribution < -0.4 is 5.32 Å². The summed E-state index contributed by atoms with van der Waals surface area (Å²) in [5.74, 6) is -0.278. The molecule has 0 radical (unpaired) electrons. The normalized spacial score (nSPS) is 26.9. The van der Waals surface area contributed by atoms with Crippen molar-refractivity contribution >= 4 is 5.91 Å². The molecular formula is C81H143NO18. The molecule has 3 saturated heterocycles. The van der Waals surface area contributed by atoms with Gasteiger partial charge >= 0.3 is 0 Å². The van der Waals surface area contributed by atoms with Crippen LogP contribution >= 0.6 is 0 Å². The molecule has 12 N–H and O–H groups in total. The van der Waals surface area contributed by atoms with Crippen molar-refractivity contribution in [3.05, 3.63) is 85.1 Å². The Kier molecular flexibility index (Phi) is 55.8. The fraction of sp³-hybridized carbons (Fsp3) is 0.815. The molecule has 0 aromatic heterocycles. The zero-order valence-electron chi connectivity index (χ0n) is 61.9. The highest BCUT2D eigenvalue weighted by Gasteiger charge is 2.54. The summed E-state index contributed by atoms with van der Waals surface area (Å²) in [5.41, 5.74) is 0. The lowest BCUT2D eigenvalue weighted by Crippen LogP contribution is -2.66. The fourth-order valence-corrected chi connectivity index (χ4v) is 13.1. The van der Waals surface area contributed by atoms with E-state index in [1.807, 2.05) is 6.08 Å². The lowest BCUT2D eigenvalue weighted by molar-refractivity contribution is -0.379. The Morgan fingerprint density at radius 3 is 1.08 bits per heavy atom. The van der Waals surface area contributed by atoms with E-state index in [1.165, 1.54) is 167 Å². The molecule has 580 valence electrons. The molecule has 3 heterocycles. The van der Waals surface area contributed by atoms with Gasteiger partial charge in [-0.1, -0.05) is 298 Å². The lowest BCUT2D eigenvalue weighted by atomic mass is 9.96. The second kappa shape index (κ2) is 61.2. The van der Waals surface area contributed by atoms with E-state index < -0.39 is 124 Å². The first-order chi connectivity index (χ1) is 48.8. The molecule has 17 atom stereocenters. The third-order valence-electron chi connectivity index (χ3n) is 19.4. The van der Waals surface area contributed by atoms with Gasteiger partial charge in [0.05, 0.1) is 38.6 Å². The van der Waals surface area contributed by atoms with Crippen molar-refractivity contribution in [1.29, 1.82) is 0 Å². The first-order valence-electron chi connectivity index (χ1n) is 39.8. The molecule has 100 heavy (non-hydrogen) atoms. The van der Waals surface area contributed by atoms with Gasteiger partial charge in [-0.25, -0.2) is 0 Å². The minimum atomic E-state index is -1.98. The van der Waals surface area contributed by atoms with E-state index >= 15 is 0 Å². The Balaban J connectivity index is 1.38. The van der Waals surface area contributed by atoms with Crippen LogP contribution in [0.15, 0.2) is 85.1 Å². The van der Waals surface area contributed by atoms with Gasteiger partial charge in [-0.2, -0.15) is 0 Å². The zero-order chi connectivity index (χ0) is 72.5. The number of carbonyl (C=O) groups excluding carboxylic acids is 1. The molecule has 0 bridgehead atoms. The summed E-state index contributed by atoms with van der Waals surface area (Å²) < 4.78 is 34.5. The van der Waals surface area contributed by atoms with Gasteiger partial charge in [-0.15, -0.1) is 0 Å². The summed E-state index contributed by atoms with van der Waals surface area (Å²) in [5, 5.41) is 121. The van der Waals surface area contributed by atoms with Crippen molar-refractivity contribution in [2.45, 2.75) is 394 Å². The van der Waals surface area contributed by atoms with Crippen LogP contribution in [0.2, 0.25) is 0 Å². The molecule has 19 nitrogen and oxygen atoms in total. The van der Waals surface area contributed by atoms with Crippen molar-refractivity contribution < 1.29 is 89.4 Å². The smallest absolute Gasteiger partial charge is 0.220 e. The lowest BCUT2D eigenvalue weighted by Gasteiger charge is -2.48. The third kappa shape index (κ3) is 41.0. The van der Waals surface area contributed by atoms with Gasteiger partial charge in [-0.3, -0.25) is 4.79 Å². The molecular weight excluding hydrogens is 1270 g/mol. The summed E-state index contributed by atoms with van der Waals surface area (Å²) in [4.78, 5) is 13.5. The first kappa shape index (κ1) is 91.2. The number of carbonyl (C=O) groups is 1. The van der Waals surface area contributed by atoms with E-state index in [0.717, 1.165) is 96.3 Å². The molecule has 3 aliphatic heterocycles. The van der Waals surface area contributed by atoms with Crippen molar-refractivity contribution in [2.75, 3.05) is 26.4 Å². The fourth-order valence-electron chi connectivity index (χ4n) is 13.1. The van der Waals surface area contributed by atoms with E-state index in [4.69, 9.17) is 28.4 Å². The van der Waals surface area contributed by atoms with Crippen LogP contribution in [0, 0.1) is 0 Å². The monoisotopic (exact) mass is 1420 g/mol. The Hall–Kier alpha value is -3.03. The summed E-state index contributed by atoms with van der Waals surface area (Å²) in [7, 11) is 0. The number of amides is 1. The highest BCUT2D eigenvalue weighted by molar-refractivity contribution is 5.76. The van der Waals surface area contributed by atoms with E-state index in [9.17, 15) is 61.0 Å². The van der Waals surface area contributed by atoms with Crippen molar-refractivity contribution in [1.82, 2.24) is 5.32 Å². The summed E-state index contributed by atoms with van der Waals surface area (Å²) in [6.45, 7) is 1.65. The number of aliphatic hydroxyl groups excluding tert-OH is 11. The summed E-state index contributed by atoms with van der Waals surface area (Å²) >= 11 is 0. The van der Waals surface area contributed by atoms with Crippen LogP contribution in [0.5, 0.6) is 0 Å². The number of hydrogen-bond acceptors (Lipinski definition) is 18. The van der Waals surface area contributed by atoms with Crippen LogP contribution in [0.3, 0.4) is 0 Å². The average molecular weight is 1420 g/mol. The van der Waals surface area contributed by atoms with Gasteiger partial charge in [0.25, 0.3) is 0 Å². The maximum atomic E-state index is 13.5. The van der Waals surface area contributed by atoms with Crippen LogP contribution in [0.4, 0.5) is 0 Å². The Labute approximate surface area is 603 Å². The average Bonchev–Trinajstić information content (AvgIpc) is 0.783. The number of rotatable bonds is 62. The maximum absolute atomic E-state index is 13.5. The van der Waals surface area contributed by atoms with E-state index in [2.05, 4.69) is 92.1 Å². The number of unbranched alkanes of at least 4 members (excludes halogenated alkanes) is 34. The molecule has 3 fully saturated rings. The molecule has 19 heteroatoms. The molecule has 0 aromatic carbocycles. The molecule has 0 spiro atoms. The molecule has 0 aromatic rings. The van der Waals surface area contributed by atoms with Gasteiger partial charge in [0.1, 0.15) is 73.2 Å². The predicted octanol–water partition coefficient (Wildman–Crippen LogP) is 13.0. The second-order valence-electron chi connectivity index (χ2n) is 28.1. The molecule has 3 aliphatic rings. The van der Waals surface area contributed by atoms with Gasteiger partial charge in [0, 0.05) is 6.42 Å². The molecule has 0 saturated carbocycles. The molecule has 1 amide bonds. The quantitative estimate of drug-likeness (QED) is 0.0199. The maximum Gasteiger partial charge on any atom is 0.220 e. The van der Waals surface area contributed by atoms with Gasteiger partial charge in [0.2, 0.25) is 5.91 Å². The molecule has 0 aliphatic carbocycles. The Morgan fingerprint density at radius 1 is 0.370 bits per heavy atom. The molecule has 3 rings (SSSR count). The number of aliphatic hydroxyl groups is 11. The third-order valence-corrected chi connectivity index (χ3v) is 19.4. The van der Waals surface area contributed by atoms with Gasteiger partial charge < -0.3 is 89.9 Å².